The minimum Gasteiger partial charge on any atom is -0.387 e. The summed E-state index contributed by atoms with van der Waals surface area (Å²) in [4.78, 5) is 37.6. The van der Waals surface area contributed by atoms with E-state index in [4.69, 9.17) is 4.74 Å². The third-order valence-corrected chi connectivity index (χ3v) is 4.47. The van der Waals surface area contributed by atoms with Crippen molar-refractivity contribution >= 4 is 5.91 Å². The Morgan fingerprint density at radius 2 is 1.93 bits per heavy atom. The van der Waals surface area contributed by atoms with Crippen molar-refractivity contribution in [3.63, 3.8) is 0 Å². The molecule has 4 atom stereocenters. The SMILES string of the molecule is Cc1cn([C@@H]2O[C@H](CNC(=O)Cc3ccccc3)C(O)C2O)c(=O)[nH]c1=O. The number of nitrogens with zero attached hydrogens (tertiary/aromatic N) is 1. The molecule has 27 heavy (non-hydrogen) atoms. The third-order valence-electron chi connectivity index (χ3n) is 4.47. The summed E-state index contributed by atoms with van der Waals surface area (Å²) < 4.78 is 6.60. The van der Waals surface area contributed by atoms with Crippen LogP contribution in [0.1, 0.15) is 17.4 Å². The highest BCUT2D eigenvalue weighted by Crippen LogP contribution is 2.28. The fourth-order valence-corrected chi connectivity index (χ4v) is 2.96. The van der Waals surface area contributed by atoms with E-state index in [9.17, 15) is 24.6 Å². The quantitative estimate of drug-likeness (QED) is 0.520. The number of H-pyrrole nitrogens is 1. The number of hydrogen-bond donors (Lipinski definition) is 4. The van der Waals surface area contributed by atoms with Gasteiger partial charge in [0.2, 0.25) is 5.91 Å². The topological polar surface area (TPSA) is 134 Å². The summed E-state index contributed by atoms with van der Waals surface area (Å²) in [5.74, 6) is -0.257. The Kier molecular flexibility index (Phi) is 5.54. The Labute approximate surface area is 154 Å². The summed E-state index contributed by atoms with van der Waals surface area (Å²) in [5, 5.41) is 23.1. The lowest BCUT2D eigenvalue weighted by molar-refractivity contribution is -0.121. The lowest BCUT2D eigenvalue weighted by Crippen LogP contribution is -2.40. The van der Waals surface area contributed by atoms with Crippen LogP contribution in [0.15, 0.2) is 46.1 Å². The van der Waals surface area contributed by atoms with Gasteiger partial charge in [-0.25, -0.2) is 4.79 Å². The number of ether oxygens (including phenoxy) is 1. The summed E-state index contributed by atoms with van der Waals surface area (Å²) in [6.07, 6.45) is -3.31. The van der Waals surface area contributed by atoms with Crippen LogP contribution in [0.2, 0.25) is 0 Å². The van der Waals surface area contributed by atoms with Crippen LogP contribution in [0, 0.1) is 6.92 Å². The Morgan fingerprint density at radius 3 is 2.63 bits per heavy atom. The summed E-state index contributed by atoms with van der Waals surface area (Å²) in [6.45, 7) is 1.48. The first-order valence-corrected chi connectivity index (χ1v) is 8.51. The Morgan fingerprint density at radius 1 is 1.22 bits per heavy atom. The molecule has 9 nitrogen and oxygen atoms in total. The van der Waals surface area contributed by atoms with Crippen molar-refractivity contribution in [1.29, 1.82) is 0 Å². The molecule has 1 aliphatic heterocycles. The van der Waals surface area contributed by atoms with Crippen molar-refractivity contribution in [3.05, 3.63) is 68.5 Å². The second-order valence-electron chi connectivity index (χ2n) is 6.49. The van der Waals surface area contributed by atoms with E-state index in [0.717, 1.165) is 10.1 Å². The fraction of sp³-hybridized carbons (Fsp3) is 0.389. The van der Waals surface area contributed by atoms with Gasteiger partial charge in [0.15, 0.2) is 6.23 Å². The number of rotatable bonds is 5. The van der Waals surface area contributed by atoms with Gasteiger partial charge >= 0.3 is 5.69 Å². The molecule has 1 fully saturated rings. The molecule has 0 aliphatic carbocycles. The molecule has 0 spiro atoms. The van der Waals surface area contributed by atoms with Crippen molar-refractivity contribution in [2.75, 3.05) is 6.54 Å². The third kappa shape index (κ3) is 4.16. The van der Waals surface area contributed by atoms with E-state index < -0.39 is 35.8 Å². The number of hydrogen-bond acceptors (Lipinski definition) is 6. The van der Waals surface area contributed by atoms with Gasteiger partial charge in [0.05, 0.1) is 6.42 Å². The smallest absolute Gasteiger partial charge is 0.330 e. The number of benzene rings is 1. The molecule has 1 saturated heterocycles. The highest BCUT2D eigenvalue weighted by molar-refractivity contribution is 5.78. The summed E-state index contributed by atoms with van der Waals surface area (Å²) in [7, 11) is 0. The molecular weight excluding hydrogens is 354 g/mol. The van der Waals surface area contributed by atoms with Crippen LogP contribution in [0.3, 0.4) is 0 Å². The lowest BCUT2D eigenvalue weighted by atomic mass is 10.1. The average Bonchev–Trinajstić information content (AvgIpc) is 2.92. The van der Waals surface area contributed by atoms with Crippen molar-refractivity contribution in [2.45, 2.75) is 37.9 Å². The first kappa shape index (κ1) is 19.0. The van der Waals surface area contributed by atoms with Crippen molar-refractivity contribution in [1.82, 2.24) is 14.9 Å². The number of aromatic nitrogens is 2. The first-order valence-electron chi connectivity index (χ1n) is 8.51. The largest absolute Gasteiger partial charge is 0.387 e. The molecule has 3 rings (SSSR count). The monoisotopic (exact) mass is 375 g/mol. The molecule has 0 bridgehead atoms. The molecule has 1 aromatic carbocycles. The average molecular weight is 375 g/mol. The van der Waals surface area contributed by atoms with E-state index in [1.165, 1.54) is 13.1 Å². The summed E-state index contributed by atoms with van der Waals surface area (Å²) in [6, 6.07) is 9.16. The zero-order valence-electron chi connectivity index (χ0n) is 14.7. The molecule has 2 aromatic rings. The number of aromatic amines is 1. The predicted molar refractivity (Wildman–Crippen MR) is 95.1 cm³/mol. The Bertz CT molecular complexity index is 923. The van der Waals surface area contributed by atoms with Crippen LogP contribution in [0.4, 0.5) is 0 Å². The number of carbonyl (C=O) groups excluding carboxylic acids is 1. The van der Waals surface area contributed by atoms with Gasteiger partial charge in [0.1, 0.15) is 18.3 Å². The molecule has 2 unspecified atom stereocenters. The standard InChI is InChI=1S/C18H21N3O6/c1-10-9-21(18(26)20-16(10)25)17-15(24)14(23)12(27-17)8-19-13(22)7-11-5-3-2-4-6-11/h2-6,9,12,14-15,17,23-24H,7-8H2,1H3,(H,19,22)(H,20,25,26)/t12-,14?,15?,17-/m1/s1. The van der Waals surface area contributed by atoms with Crippen molar-refractivity contribution in [2.24, 2.45) is 0 Å². The summed E-state index contributed by atoms with van der Waals surface area (Å²) in [5.41, 5.74) is -0.180. The number of carbonyl (C=O) groups is 1. The van der Waals surface area contributed by atoms with E-state index in [-0.39, 0.29) is 24.4 Å². The number of nitrogens with one attached hydrogen (secondary N) is 2. The molecule has 0 radical (unpaired) electrons. The molecule has 2 heterocycles. The second-order valence-corrected chi connectivity index (χ2v) is 6.49. The van der Waals surface area contributed by atoms with Gasteiger partial charge in [-0.1, -0.05) is 30.3 Å². The van der Waals surface area contributed by atoms with Gasteiger partial charge in [0, 0.05) is 18.3 Å². The van der Waals surface area contributed by atoms with Gasteiger partial charge in [-0.15, -0.1) is 0 Å². The minimum atomic E-state index is -1.39. The van der Waals surface area contributed by atoms with Gasteiger partial charge in [-0.3, -0.25) is 19.1 Å². The van der Waals surface area contributed by atoms with Crippen LogP contribution < -0.4 is 16.6 Å². The van der Waals surface area contributed by atoms with E-state index in [1.807, 2.05) is 30.3 Å². The molecule has 1 aromatic heterocycles. The van der Waals surface area contributed by atoms with Crippen LogP contribution in [0.25, 0.3) is 0 Å². The maximum absolute atomic E-state index is 12.0. The fourth-order valence-electron chi connectivity index (χ4n) is 2.96. The van der Waals surface area contributed by atoms with Crippen LogP contribution in [-0.4, -0.2) is 50.5 Å². The molecular formula is C18H21N3O6. The van der Waals surface area contributed by atoms with E-state index >= 15 is 0 Å². The maximum atomic E-state index is 12.0. The number of aryl methyl sites for hydroxylation is 1. The van der Waals surface area contributed by atoms with E-state index in [1.54, 1.807) is 0 Å². The maximum Gasteiger partial charge on any atom is 0.330 e. The highest BCUT2D eigenvalue weighted by Gasteiger charge is 2.44. The normalized spacial score (nSPS) is 24.7. The highest BCUT2D eigenvalue weighted by atomic mass is 16.6. The van der Waals surface area contributed by atoms with Gasteiger partial charge in [0.25, 0.3) is 5.56 Å². The zero-order chi connectivity index (χ0) is 19.6. The molecule has 9 heteroatoms. The van der Waals surface area contributed by atoms with Gasteiger partial charge in [-0.05, 0) is 12.5 Å². The predicted octanol–water partition coefficient (Wildman–Crippen LogP) is -1.18. The molecule has 1 amide bonds. The van der Waals surface area contributed by atoms with Crippen LogP contribution >= 0.6 is 0 Å². The Balaban J connectivity index is 1.65. The molecule has 0 saturated carbocycles. The van der Waals surface area contributed by atoms with E-state index in [0.29, 0.717) is 0 Å². The molecule has 144 valence electrons. The minimum absolute atomic E-state index is 0.0303. The zero-order valence-corrected chi connectivity index (χ0v) is 14.7. The Hall–Kier alpha value is -2.75. The van der Waals surface area contributed by atoms with Gasteiger partial charge in [-0.2, -0.15) is 0 Å². The van der Waals surface area contributed by atoms with Crippen LogP contribution in [0.5, 0.6) is 0 Å². The summed E-state index contributed by atoms with van der Waals surface area (Å²) >= 11 is 0. The number of aliphatic hydroxyl groups excluding tert-OH is 2. The number of aliphatic hydroxyl groups is 2. The number of amides is 1. The molecule has 1 aliphatic rings. The van der Waals surface area contributed by atoms with Crippen molar-refractivity contribution in [3.8, 4) is 0 Å². The first-order chi connectivity index (χ1) is 12.9. The second kappa shape index (κ2) is 7.87. The van der Waals surface area contributed by atoms with E-state index in [2.05, 4.69) is 10.3 Å². The van der Waals surface area contributed by atoms with Crippen molar-refractivity contribution < 1.29 is 19.7 Å². The lowest BCUT2D eigenvalue weighted by Gasteiger charge is -2.17. The van der Waals surface area contributed by atoms with Gasteiger partial charge < -0.3 is 20.3 Å². The molecule has 4 N–H and O–H groups in total. The van der Waals surface area contributed by atoms with Crippen LogP contribution in [-0.2, 0) is 16.0 Å².